The maximum Gasteiger partial charge on any atom is 0.188 e. The molecule has 0 bridgehead atoms. The summed E-state index contributed by atoms with van der Waals surface area (Å²) in [7, 11) is 6.45. The van der Waals surface area contributed by atoms with E-state index in [1.807, 2.05) is 24.3 Å². The van der Waals surface area contributed by atoms with Crippen molar-refractivity contribution >= 4 is 0 Å². The molecule has 7 nitrogen and oxygen atoms in total. The summed E-state index contributed by atoms with van der Waals surface area (Å²) >= 11 is 0. The largest absolute Gasteiger partial charge is 0.496 e. The van der Waals surface area contributed by atoms with E-state index in [4.69, 9.17) is 28.4 Å². The molecule has 1 N–H and O–H groups in total. The van der Waals surface area contributed by atoms with E-state index in [0.29, 0.717) is 30.3 Å². The fourth-order valence-corrected chi connectivity index (χ4v) is 3.43. The Hall–Kier alpha value is -2.32. The van der Waals surface area contributed by atoms with Crippen molar-refractivity contribution in [2.24, 2.45) is 0 Å². The summed E-state index contributed by atoms with van der Waals surface area (Å²) in [6.07, 6.45) is 1.40. The number of hydrogen-bond donors (Lipinski definition) is 1. The minimum atomic E-state index is -0.0751. The van der Waals surface area contributed by atoms with Crippen LogP contribution in [0.25, 0.3) is 11.1 Å². The molecule has 0 aliphatic carbocycles. The molecular formula is C23H32O7. The Kier molecular flexibility index (Phi) is 9.89. The Bertz CT molecular complexity index is 805. The summed E-state index contributed by atoms with van der Waals surface area (Å²) in [5.41, 5.74) is 4.55. The number of methoxy groups -OCH3 is 4. The maximum absolute atomic E-state index is 9.69. The maximum atomic E-state index is 9.69. The van der Waals surface area contributed by atoms with Crippen LogP contribution in [-0.2, 0) is 33.7 Å². The van der Waals surface area contributed by atoms with Gasteiger partial charge in [-0.15, -0.1) is 0 Å². The van der Waals surface area contributed by atoms with Crippen LogP contribution in [0.1, 0.15) is 23.6 Å². The summed E-state index contributed by atoms with van der Waals surface area (Å²) in [6.45, 7) is 2.73. The van der Waals surface area contributed by atoms with E-state index < -0.39 is 0 Å². The van der Waals surface area contributed by atoms with Gasteiger partial charge in [0.1, 0.15) is 17.2 Å². The topological polar surface area (TPSA) is 75.6 Å². The lowest BCUT2D eigenvalue weighted by Gasteiger charge is -2.23. The molecule has 0 heterocycles. The summed E-state index contributed by atoms with van der Waals surface area (Å²) in [6, 6.07) is 7.46. The normalized spacial score (nSPS) is 10.9. The second-order valence-corrected chi connectivity index (χ2v) is 6.60. The highest BCUT2D eigenvalue weighted by molar-refractivity contribution is 5.82. The number of hydrogen-bond acceptors (Lipinski definition) is 7. The van der Waals surface area contributed by atoms with Crippen molar-refractivity contribution in [3.63, 3.8) is 0 Å². The molecule has 166 valence electrons. The zero-order chi connectivity index (χ0) is 21.9. The van der Waals surface area contributed by atoms with E-state index in [-0.39, 0.29) is 20.2 Å². The van der Waals surface area contributed by atoms with Crippen LogP contribution in [0.3, 0.4) is 0 Å². The number of aliphatic hydroxyl groups is 1. The lowest BCUT2D eigenvalue weighted by atomic mass is 9.89. The molecule has 0 unspecified atom stereocenters. The molecule has 0 spiro atoms. The third-order valence-electron chi connectivity index (χ3n) is 4.76. The van der Waals surface area contributed by atoms with Gasteiger partial charge in [0.25, 0.3) is 0 Å². The molecule has 0 aliphatic heterocycles. The van der Waals surface area contributed by atoms with Gasteiger partial charge in [-0.3, -0.25) is 0 Å². The van der Waals surface area contributed by atoms with Crippen molar-refractivity contribution in [1.29, 1.82) is 0 Å². The second kappa shape index (κ2) is 12.4. The highest BCUT2D eigenvalue weighted by atomic mass is 16.7. The molecule has 0 saturated heterocycles. The van der Waals surface area contributed by atoms with Crippen molar-refractivity contribution in [1.82, 2.24) is 0 Å². The molecule has 0 aliphatic rings. The first-order valence-electron chi connectivity index (χ1n) is 9.84. The van der Waals surface area contributed by atoms with Crippen molar-refractivity contribution in [3.8, 4) is 28.4 Å². The van der Waals surface area contributed by atoms with Crippen LogP contribution < -0.4 is 14.2 Å². The van der Waals surface area contributed by atoms with Gasteiger partial charge in [0, 0.05) is 38.5 Å². The van der Waals surface area contributed by atoms with Gasteiger partial charge in [0.15, 0.2) is 13.6 Å². The number of rotatable bonds is 13. The predicted octanol–water partition coefficient (Wildman–Crippen LogP) is 3.57. The summed E-state index contributed by atoms with van der Waals surface area (Å²) in [4.78, 5) is 0. The minimum Gasteiger partial charge on any atom is -0.496 e. The van der Waals surface area contributed by atoms with Crippen LogP contribution in [0, 0.1) is 0 Å². The van der Waals surface area contributed by atoms with E-state index in [1.54, 1.807) is 28.4 Å². The van der Waals surface area contributed by atoms with Crippen molar-refractivity contribution < 1.29 is 33.5 Å². The Morgan fingerprint density at radius 1 is 0.800 bits per heavy atom. The minimum absolute atomic E-state index is 0.0751. The van der Waals surface area contributed by atoms with Crippen LogP contribution in [0.5, 0.6) is 17.2 Å². The molecule has 0 amide bonds. The summed E-state index contributed by atoms with van der Waals surface area (Å²) in [5, 5.41) is 9.69. The summed E-state index contributed by atoms with van der Waals surface area (Å²) in [5.74, 6) is 1.97. The fraction of sp³-hybridized carbons (Fsp3) is 0.478. The van der Waals surface area contributed by atoms with Gasteiger partial charge in [0.05, 0.1) is 20.3 Å². The summed E-state index contributed by atoms with van der Waals surface area (Å²) < 4.78 is 33.1. The van der Waals surface area contributed by atoms with Gasteiger partial charge >= 0.3 is 0 Å². The van der Waals surface area contributed by atoms with Gasteiger partial charge in [-0.1, -0.05) is 13.0 Å². The molecule has 2 aromatic carbocycles. The van der Waals surface area contributed by atoms with Crippen molar-refractivity contribution in [2.75, 3.05) is 48.6 Å². The van der Waals surface area contributed by atoms with E-state index in [1.165, 1.54) is 0 Å². The third kappa shape index (κ3) is 5.64. The average Bonchev–Trinajstić information content (AvgIpc) is 2.78. The average molecular weight is 421 g/mol. The zero-order valence-corrected chi connectivity index (χ0v) is 18.4. The van der Waals surface area contributed by atoms with Crippen LogP contribution >= 0.6 is 0 Å². The van der Waals surface area contributed by atoms with Gasteiger partial charge in [-0.2, -0.15) is 0 Å². The van der Waals surface area contributed by atoms with Gasteiger partial charge in [-0.05, 0) is 41.7 Å². The molecule has 0 saturated carbocycles. The molecule has 2 rings (SSSR count). The number of ether oxygens (including phenoxy) is 6. The Morgan fingerprint density at radius 2 is 1.50 bits per heavy atom. The van der Waals surface area contributed by atoms with Gasteiger partial charge in [-0.25, -0.2) is 0 Å². The fourth-order valence-electron chi connectivity index (χ4n) is 3.43. The smallest absolute Gasteiger partial charge is 0.188 e. The van der Waals surface area contributed by atoms with Crippen LogP contribution in [-0.4, -0.2) is 53.7 Å². The van der Waals surface area contributed by atoms with E-state index in [2.05, 4.69) is 6.92 Å². The van der Waals surface area contributed by atoms with Crippen LogP contribution in [0.4, 0.5) is 0 Å². The predicted molar refractivity (Wildman–Crippen MR) is 114 cm³/mol. The first-order valence-corrected chi connectivity index (χ1v) is 9.84. The van der Waals surface area contributed by atoms with E-state index in [9.17, 15) is 5.11 Å². The van der Waals surface area contributed by atoms with Crippen molar-refractivity contribution in [3.05, 3.63) is 41.0 Å². The Morgan fingerprint density at radius 3 is 2.07 bits per heavy atom. The standard InChI is InChI=1S/C23H32O7/c1-6-17-18(9-10-25-2)23(19-11-16(13-24)7-8-20(19)28-5)22(30-15-27-4)12-21(17)29-14-26-3/h7-8,11-12,24H,6,9-10,13-15H2,1-5H3. The molecule has 0 radical (unpaired) electrons. The molecular weight excluding hydrogens is 388 g/mol. The molecule has 2 aromatic rings. The second-order valence-electron chi connectivity index (χ2n) is 6.60. The quantitative estimate of drug-likeness (QED) is 0.497. The first-order chi connectivity index (χ1) is 14.6. The highest BCUT2D eigenvalue weighted by Gasteiger charge is 2.23. The first kappa shape index (κ1) is 24.0. The monoisotopic (exact) mass is 420 g/mol. The van der Waals surface area contributed by atoms with Crippen LogP contribution in [0.15, 0.2) is 24.3 Å². The zero-order valence-electron chi connectivity index (χ0n) is 18.4. The molecule has 0 fully saturated rings. The molecule has 7 heteroatoms. The highest BCUT2D eigenvalue weighted by Crippen LogP contribution is 2.45. The van der Waals surface area contributed by atoms with Crippen molar-refractivity contribution in [2.45, 2.75) is 26.4 Å². The van der Waals surface area contributed by atoms with Crippen LogP contribution in [0.2, 0.25) is 0 Å². The van der Waals surface area contributed by atoms with Gasteiger partial charge in [0.2, 0.25) is 0 Å². The lowest BCUT2D eigenvalue weighted by molar-refractivity contribution is 0.0457. The third-order valence-corrected chi connectivity index (χ3v) is 4.76. The van der Waals surface area contributed by atoms with E-state index >= 15 is 0 Å². The Balaban J connectivity index is 2.82. The number of aliphatic hydroxyl groups excluding tert-OH is 1. The molecule has 30 heavy (non-hydrogen) atoms. The molecule has 0 aromatic heterocycles. The lowest BCUT2D eigenvalue weighted by Crippen LogP contribution is -2.10. The number of benzene rings is 2. The molecule has 0 atom stereocenters. The SMILES string of the molecule is CCc1c(OCOC)cc(OCOC)c(-c2cc(CO)ccc2OC)c1CCOC. The van der Waals surface area contributed by atoms with E-state index in [0.717, 1.165) is 34.2 Å². The van der Waals surface area contributed by atoms with Gasteiger partial charge < -0.3 is 33.5 Å². The Labute approximate surface area is 178 Å².